The highest BCUT2D eigenvalue weighted by atomic mass is 16.3. The van der Waals surface area contributed by atoms with Gasteiger partial charge in [-0.25, -0.2) is 4.98 Å². The van der Waals surface area contributed by atoms with Gasteiger partial charge in [0.1, 0.15) is 23.1 Å². The van der Waals surface area contributed by atoms with Crippen LogP contribution in [0.5, 0.6) is 0 Å². The molecule has 0 bridgehead atoms. The van der Waals surface area contributed by atoms with Gasteiger partial charge in [0, 0.05) is 10.8 Å². The molecule has 7 aromatic carbocycles. The molecule has 4 nitrogen and oxygen atoms in total. The number of hydrogen-bond donors (Lipinski definition) is 0. The van der Waals surface area contributed by atoms with Crippen LogP contribution in [0.1, 0.15) is 109 Å². The second-order valence-corrected chi connectivity index (χ2v) is 18.8. The van der Waals surface area contributed by atoms with Crippen molar-refractivity contribution in [1.29, 1.82) is 5.26 Å². The summed E-state index contributed by atoms with van der Waals surface area (Å²) in [7, 11) is 0. The Hall–Kier alpha value is -6.18. The Kier molecular flexibility index (Phi) is 8.68. The van der Waals surface area contributed by atoms with Gasteiger partial charge in [0.15, 0.2) is 0 Å². The molecule has 0 N–H and O–H groups in total. The SMILES string of the molecule is CC(C)c1cc(-c2cc(C(C)(C)C)cc(C(C)(C)C)c2)cc(C(C)C)c1-n1c(-c2cccc3c2oc2cc4c(ccc5ccccc54)cc23)nc2cccc(C#N)c21. The second-order valence-electron chi connectivity index (χ2n) is 18.8. The number of fused-ring (bicyclic) bond motifs is 7. The maximum atomic E-state index is 10.6. The van der Waals surface area contributed by atoms with Crippen molar-refractivity contribution >= 4 is 54.5 Å². The van der Waals surface area contributed by atoms with E-state index >= 15 is 0 Å². The zero-order valence-electron chi connectivity index (χ0n) is 35.4. The molecule has 4 heteroatoms. The monoisotopic (exact) mass is 757 g/mol. The first-order chi connectivity index (χ1) is 27.6. The van der Waals surface area contributed by atoms with Crippen LogP contribution in [0.2, 0.25) is 0 Å². The van der Waals surface area contributed by atoms with Crippen LogP contribution in [0.3, 0.4) is 0 Å². The van der Waals surface area contributed by atoms with Crippen LogP contribution in [0.15, 0.2) is 120 Å². The first-order valence-corrected chi connectivity index (χ1v) is 20.7. The molecule has 0 fully saturated rings. The molecular formula is C54H51N3O. The molecule has 9 aromatic rings. The minimum absolute atomic E-state index is 0.00574. The minimum Gasteiger partial charge on any atom is -0.455 e. The van der Waals surface area contributed by atoms with Crippen LogP contribution in [-0.2, 0) is 10.8 Å². The number of imidazole rings is 1. The summed E-state index contributed by atoms with van der Waals surface area (Å²) in [6, 6.07) is 44.1. The van der Waals surface area contributed by atoms with Gasteiger partial charge in [0.25, 0.3) is 0 Å². The predicted molar refractivity (Wildman–Crippen MR) is 245 cm³/mol. The number of para-hydroxylation sites is 2. The van der Waals surface area contributed by atoms with E-state index in [0.717, 1.165) is 50.0 Å². The summed E-state index contributed by atoms with van der Waals surface area (Å²) in [5.41, 5.74) is 13.3. The Morgan fingerprint density at radius 3 is 1.88 bits per heavy atom. The van der Waals surface area contributed by atoms with Gasteiger partial charge in [-0.1, -0.05) is 142 Å². The highest BCUT2D eigenvalue weighted by Gasteiger charge is 2.28. The molecule has 0 amide bonds. The van der Waals surface area contributed by atoms with Gasteiger partial charge in [-0.05, 0) is 120 Å². The molecule has 0 spiro atoms. The third kappa shape index (κ3) is 6.07. The molecule has 0 aliphatic carbocycles. The summed E-state index contributed by atoms with van der Waals surface area (Å²) in [4.78, 5) is 5.39. The van der Waals surface area contributed by atoms with E-state index in [1.807, 2.05) is 18.2 Å². The van der Waals surface area contributed by atoms with E-state index in [4.69, 9.17) is 9.40 Å². The molecule has 0 saturated carbocycles. The summed E-state index contributed by atoms with van der Waals surface area (Å²) in [6.07, 6.45) is 0. The molecule has 0 radical (unpaired) electrons. The maximum absolute atomic E-state index is 10.6. The summed E-state index contributed by atoms with van der Waals surface area (Å²) >= 11 is 0. The molecule has 0 atom stereocenters. The average Bonchev–Trinajstić information content (AvgIpc) is 3.77. The summed E-state index contributed by atoms with van der Waals surface area (Å²) in [6.45, 7) is 22.9. The average molecular weight is 758 g/mol. The smallest absolute Gasteiger partial charge is 0.149 e. The van der Waals surface area contributed by atoms with E-state index in [0.29, 0.717) is 5.56 Å². The Labute approximate surface area is 341 Å². The fourth-order valence-corrected chi connectivity index (χ4v) is 8.74. The summed E-state index contributed by atoms with van der Waals surface area (Å²) < 4.78 is 9.21. The normalized spacial score (nSPS) is 12.6. The van der Waals surface area contributed by atoms with E-state index in [9.17, 15) is 5.26 Å². The second kappa shape index (κ2) is 13.5. The number of benzene rings is 7. The predicted octanol–water partition coefficient (Wildman–Crippen LogP) is 15.3. The zero-order valence-corrected chi connectivity index (χ0v) is 35.4. The lowest BCUT2D eigenvalue weighted by Crippen LogP contribution is -2.16. The molecule has 2 aromatic heterocycles. The number of hydrogen-bond acceptors (Lipinski definition) is 3. The van der Waals surface area contributed by atoms with E-state index in [2.05, 4.69) is 177 Å². The Morgan fingerprint density at radius 1 is 0.603 bits per heavy atom. The van der Waals surface area contributed by atoms with Crippen molar-refractivity contribution in [3.63, 3.8) is 0 Å². The van der Waals surface area contributed by atoms with Crippen LogP contribution < -0.4 is 0 Å². The lowest BCUT2D eigenvalue weighted by molar-refractivity contribution is 0.569. The zero-order chi connectivity index (χ0) is 40.8. The van der Waals surface area contributed by atoms with Crippen molar-refractivity contribution in [3.05, 3.63) is 143 Å². The van der Waals surface area contributed by atoms with E-state index in [1.165, 1.54) is 54.9 Å². The van der Waals surface area contributed by atoms with Gasteiger partial charge in [0.2, 0.25) is 0 Å². The number of furan rings is 1. The van der Waals surface area contributed by atoms with Crippen LogP contribution in [0, 0.1) is 11.3 Å². The Balaban J connectivity index is 1.36. The van der Waals surface area contributed by atoms with E-state index < -0.39 is 0 Å². The molecule has 2 heterocycles. The Morgan fingerprint density at radius 2 is 1.22 bits per heavy atom. The number of nitrogens with zero attached hydrogens (tertiary/aromatic N) is 3. The summed E-state index contributed by atoms with van der Waals surface area (Å²) in [5.74, 6) is 1.10. The van der Waals surface area contributed by atoms with Gasteiger partial charge in [-0.2, -0.15) is 5.26 Å². The standard InChI is InChI=1S/C54H51N3O/c1-31(2)43-26-37(36-23-38(53(5,6)7)28-39(24-36)54(8,9)10)27-44(32(3)4)50(43)57-49-35(30-55)16-13-20-47(49)56-52(57)42-19-14-18-41-46-25-34-22-21-33-15-11-12-17-40(33)45(34)29-48(46)58-51(41)42/h11-29,31-32H,1-10H3. The third-order valence-corrected chi connectivity index (χ3v) is 12.0. The molecule has 288 valence electrons. The van der Waals surface area contributed by atoms with E-state index in [-0.39, 0.29) is 22.7 Å². The van der Waals surface area contributed by atoms with Crippen LogP contribution in [0.4, 0.5) is 0 Å². The number of aromatic nitrogens is 2. The van der Waals surface area contributed by atoms with Crippen LogP contribution >= 0.6 is 0 Å². The van der Waals surface area contributed by atoms with Gasteiger partial charge >= 0.3 is 0 Å². The molecule has 0 aliphatic heterocycles. The molecule has 0 unspecified atom stereocenters. The van der Waals surface area contributed by atoms with Crippen LogP contribution in [0.25, 0.3) is 82.7 Å². The van der Waals surface area contributed by atoms with Crippen molar-refractivity contribution in [1.82, 2.24) is 9.55 Å². The summed E-state index contributed by atoms with van der Waals surface area (Å²) in [5, 5.41) is 17.5. The fourth-order valence-electron chi connectivity index (χ4n) is 8.74. The lowest BCUT2D eigenvalue weighted by Gasteiger charge is -2.28. The largest absolute Gasteiger partial charge is 0.455 e. The number of rotatable bonds is 5. The highest BCUT2D eigenvalue weighted by molar-refractivity contribution is 6.17. The maximum Gasteiger partial charge on any atom is 0.149 e. The Bertz CT molecular complexity index is 3090. The van der Waals surface area contributed by atoms with Crippen molar-refractivity contribution in [2.24, 2.45) is 0 Å². The number of nitriles is 1. The van der Waals surface area contributed by atoms with Crippen LogP contribution in [-0.4, -0.2) is 9.55 Å². The van der Waals surface area contributed by atoms with Gasteiger partial charge < -0.3 is 4.42 Å². The highest BCUT2D eigenvalue weighted by Crippen LogP contribution is 2.45. The van der Waals surface area contributed by atoms with Crippen molar-refractivity contribution < 1.29 is 4.42 Å². The lowest BCUT2D eigenvalue weighted by atomic mass is 9.78. The topological polar surface area (TPSA) is 54.8 Å². The van der Waals surface area contributed by atoms with Crippen molar-refractivity contribution in [2.45, 2.75) is 91.9 Å². The van der Waals surface area contributed by atoms with Gasteiger partial charge in [-0.15, -0.1) is 0 Å². The first kappa shape index (κ1) is 37.4. The first-order valence-electron chi connectivity index (χ1n) is 20.7. The van der Waals surface area contributed by atoms with Crippen molar-refractivity contribution in [2.75, 3.05) is 0 Å². The van der Waals surface area contributed by atoms with Gasteiger partial charge in [-0.3, -0.25) is 4.57 Å². The van der Waals surface area contributed by atoms with Crippen molar-refractivity contribution in [3.8, 4) is 34.3 Å². The fraction of sp³-hybridized carbons (Fsp3) is 0.259. The molecule has 0 saturated heterocycles. The van der Waals surface area contributed by atoms with E-state index in [1.54, 1.807) is 0 Å². The quantitative estimate of drug-likeness (QED) is 0.164. The third-order valence-electron chi connectivity index (χ3n) is 12.0. The minimum atomic E-state index is -0.00574. The van der Waals surface area contributed by atoms with Gasteiger partial charge in [0.05, 0.1) is 27.8 Å². The molecule has 9 rings (SSSR count). The molecule has 0 aliphatic rings. The molecular weight excluding hydrogens is 707 g/mol. The molecule has 58 heavy (non-hydrogen) atoms.